The van der Waals surface area contributed by atoms with Crippen LogP contribution >= 0.6 is 7.26 Å². The van der Waals surface area contributed by atoms with Crippen molar-refractivity contribution in [3.8, 4) is 0 Å². The largest absolute Gasteiger partial charge is 0.546 e. The van der Waals surface area contributed by atoms with Crippen LogP contribution in [0.3, 0.4) is 0 Å². The Bertz CT molecular complexity index is 1210. The quantitative estimate of drug-likeness (QED) is 0.183. The van der Waals surface area contributed by atoms with Gasteiger partial charge in [0.2, 0.25) is 8.32 Å². The van der Waals surface area contributed by atoms with Gasteiger partial charge in [-0.3, -0.25) is 0 Å². The van der Waals surface area contributed by atoms with Gasteiger partial charge in [-0.05, 0) is 78.9 Å². The van der Waals surface area contributed by atoms with E-state index in [0.717, 1.165) is 0 Å². The van der Waals surface area contributed by atoms with E-state index in [1.165, 1.54) is 28.1 Å². The normalized spacial score (nSPS) is 26.7. The molecule has 3 aliphatic carbocycles. The molecule has 0 heterocycles. The monoisotopic (exact) mass is 523 g/mol. The molecule has 5 atom stereocenters. The van der Waals surface area contributed by atoms with Crippen LogP contribution < -0.4 is 15.9 Å². The molecule has 1 fully saturated rings. The first-order chi connectivity index (χ1) is 17.7. The predicted molar refractivity (Wildman–Crippen MR) is 163 cm³/mol. The Balaban J connectivity index is 1.61. The van der Waals surface area contributed by atoms with Crippen molar-refractivity contribution in [1.82, 2.24) is 0 Å². The van der Waals surface area contributed by atoms with E-state index in [1.807, 2.05) is 0 Å². The van der Waals surface area contributed by atoms with Gasteiger partial charge >= 0.3 is 0 Å². The van der Waals surface area contributed by atoms with Crippen molar-refractivity contribution in [3.05, 3.63) is 115 Å². The van der Waals surface area contributed by atoms with E-state index in [9.17, 15) is 0 Å². The molecule has 3 aromatic carbocycles. The number of benzene rings is 3. The van der Waals surface area contributed by atoms with Crippen LogP contribution in [0.4, 0.5) is 0 Å². The third-order valence-corrected chi connectivity index (χ3v) is 18.8. The molecule has 2 bridgehead atoms. The number of hydrogen-bond acceptors (Lipinski definition) is 1. The summed E-state index contributed by atoms with van der Waals surface area (Å²) in [6, 6.07) is 34.3. The summed E-state index contributed by atoms with van der Waals surface area (Å²) in [5.41, 5.74) is 0.421. The fourth-order valence-electron chi connectivity index (χ4n) is 6.99. The molecule has 0 spiro atoms. The SMILES string of the molecule is CC(C)(C)[Si](C)(C)OC1=CC([P+](c2ccccc2)(c2ccccc2)c2ccccc2)[C@@H]2[C@H]1[C@@H]1C=C[C@H]2C1. The Kier molecular flexibility index (Phi) is 6.13. The van der Waals surface area contributed by atoms with Gasteiger partial charge in [-0.25, -0.2) is 0 Å². The third-order valence-electron chi connectivity index (χ3n) is 9.69. The summed E-state index contributed by atoms with van der Waals surface area (Å²) in [6.07, 6.45) is 8.97. The second kappa shape index (κ2) is 9.11. The molecule has 3 aromatic rings. The van der Waals surface area contributed by atoms with Crippen molar-refractivity contribution in [2.24, 2.45) is 23.7 Å². The summed E-state index contributed by atoms with van der Waals surface area (Å²) in [4.78, 5) is 0. The maximum absolute atomic E-state index is 7.25. The minimum absolute atomic E-state index is 0.180. The predicted octanol–water partition coefficient (Wildman–Crippen LogP) is 7.71. The highest BCUT2D eigenvalue weighted by Gasteiger charge is 2.64. The molecule has 37 heavy (non-hydrogen) atoms. The molecular weight excluding hydrogens is 483 g/mol. The standard InChI is InChI=1S/C34H40OPSi/c1-34(2,3)37(4,5)35-30-24-31(33-26-22-21-25(23-26)32(30)33)36(27-15-9-6-10-16-27,28-17-11-7-12-18-28)29-19-13-8-14-20-29/h6-22,24-26,31-33H,23H2,1-5H3/q+1/t25-,26+,31?,32+,33-/m1/s1. The fraction of sp³-hybridized carbons (Fsp3) is 0.353. The average molecular weight is 524 g/mol. The highest BCUT2D eigenvalue weighted by molar-refractivity contribution is 7.96. The van der Waals surface area contributed by atoms with Crippen molar-refractivity contribution >= 4 is 31.5 Å². The van der Waals surface area contributed by atoms with Crippen LogP contribution in [-0.2, 0) is 4.43 Å². The molecule has 1 saturated carbocycles. The first kappa shape index (κ1) is 24.9. The minimum atomic E-state index is -2.02. The van der Waals surface area contributed by atoms with E-state index in [2.05, 4.69) is 143 Å². The molecule has 0 aromatic heterocycles. The summed E-state index contributed by atoms with van der Waals surface area (Å²) < 4.78 is 7.25. The van der Waals surface area contributed by atoms with Crippen LogP contribution in [-0.4, -0.2) is 14.0 Å². The van der Waals surface area contributed by atoms with Gasteiger partial charge < -0.3 is 4.43 Å². The lowest BCUT2D eigenvalue weighted by molar-refractivity contribution is 0.274. The molecule has 3 aliphatic rings. The number of rotatable bonds is 6. The second-order valence-electron chi connectivity index (χ2n) is 12.7. The van der Waals surface area contributed by atoms with E-state index in [0.29, 0.717) is 29.3 Å². The fourth-order valence-corrected chi connectivity index (χ4v) is 13.2. The molecule has 190 valence electrons. The van der Waals surface area contributed by atoms with Crippen LogP contribution in [0.5, 0.6) is 0 Å². The van der Waals surface area contributed by atoms with Gasteiger partial charge in [0.1, 0.15) is 28.8 Å². The van der Waals surface area contributed by atoms with Gasteiger partial charge in [0.05, 0.1) is 5.76 Å². The van der Waals surface area contributed by atoms with Crippen molar-refractivity contribution in [1.29, 1.82) is 0 Å². The van der Waals surface area contributed by atoms with Gasteiger partial charge in [0.25, 0.3) is 0 Å². The molecule has 0 saturated heterocycles. The van der Waals surface area contributed by atoms with Gasteiger partial charge in [-0.2, -0.15) is 0 Å². The highest BCUT2D eigenvalue weighted by atomic mass is 31.2. The summed E-state index contributed by atoms with van der Waals surface area (Å²) >= 11 is 0. The minimum Gasteiger partial charge on any atom is -0.546 e. The molecule has 1 nitrogen and oxygen atoms in total. The van der Waals surface area contributed by atoms with E-state index < -0.39 is 15.6 Å². The average Bonchev–Trinajstić information content (AvgIpc) is 3.61. The molecule has 0 N–H and O–H groups in total. The van der Waals surface area contributed by atoms with Crippen LogP contribution in [0.25, 0.3) is 0 Å². The van der Waals surface area contributed by atoms with E-state index in [4.69, 9.17) is 4.43 Å². The van der Waals surface area contributed by atoms with E-state index in [-0.39, 0.29) is 5.04 Å². The maximum Gasteiger partial charge on any atom is 0.250 e. The summed E-state index contributed by atoms with van der Waals surface area (Å²) in [6.45, 7) is 11.9. The first-order valence-corrected chi connectivity index (χ1v) is 18.6. The van der Waals surface area contributed by atoms with Crippen molar-refractivity contribution in [2.75, 3.05) is 0 Å². The Labute approximate surface area is 225 Å². The lowest BCUT2D eigenvalue weighted by Gasteiger charge is -2.39. The van der Waals surface area contributed by atoms with Gasteiger partial charge in [-0.1, -0.05) is 87.5 Å². The summed E-state index contributed by atoms with van der Waals surface area (Å²) in [5.74, 6) is 3.64. The van der Waals surface area contributed by atoms with Crippen LogP contribution in [0, 0.1) is 23.7 Å². The van der Waals surface area contributed by atoms with Gasteiger partial charge in [0.15, 0.2) is 0 Å². The molecule has 0 amide bonds. The molecule has 0 radical (unpaired) electrons. The Hall–Kier alpha value is -2.41. The zero-order valence-corrected chi connectivity index (χ0v) is 24.7. The van der Waals surface area contributed by atoms with Crippen molar-refractivity contribution < 1.29 is 4.43 Å². The third kappa shape index (κ3) is 3.91. The Morgan fingerprint density at radius 3 is 1.62 bits per heavy atom. The first-order valence-electron chi connectivity index (χ1n) is 13.9. The van der Waals surface area contributed by atoms with Crippen molar-refractivity contribution in [2.45, 2.75) is 51.0 Å². The molecule has 1 unspecified atom stereocenters. The van der Waals surface area contributed by atoms with E-state index in [1.54, 1.807) is 0 Å². The zero-order valence-electron chi connectivity index (χ0n) is 22.8. The topological polar surface area (TPSA) is 9.23 Å². The second-order valence-corrected chi connectivity index (χ2v) is 21.0. The van der Waals surface area contributed by atoms with Crippen LogP contribution in [0.1, 0.15) is 27.2 Å². The number of allylic oxidation sites excluding steroid dienone is 4. The number of fused-ring (bicyclic) bond motifs is 5. The lowest BCUT2D eigenvalue weighted by atomic mass is 9.85. The molecule has 0 aliphatic heterocycles. The van der Waals surface area contributed by atoms with Gasteiger partial charge in [0, 0.05) is 11.8 Å². The van der Waals surface area contributed by atoms with Crippen molar-refractivity contribution in [3.63, 3.8) is 0 Å². The van der Waals surface area contributed by atoms with Gasteiger partial charge in [-0.15, -0.1) is 0 Å². The summed E-state index contributed by atoms with van der Waals surface area (Å²) in [5, 5.41) is 4.62. The lowest BCUT2D eigenvalue weighted by Crippen LogP contribution is -2.42. The van der Waals surface area contributed by atoms with Crippen LogP contribution in [0.15, 0.2) is 115 Å². The molecule has 6 rings (SSSR count). The Morgan fingerprint density at radius 1 is 0.703 bits per heavy atom. The molecule has 3 heteroatoms. The maximum atomic E-state index is 7.25. The smallest absolute Gasteiger partial charge is 0.250 e. The summed E-state index contributed by atoms with van der Waals surface area (Å²) in [7, 11) is -3.98. The molecular formula is C34H40OPSi+. The highest BCUT2D eigenvalue weighted by Crippen LogP contribution is 2.70. The Morgan fingerprint density at radius 2 is 1.16 bits per heavy atom. The van der Waals surface area contributed by atoms with E-state index >= 15 is 0 Å². The van der Waals surface area contributed by atoms with Crippen LogP contribution in [0.2, 0.25) is 18.1 Å². The number of hydrogen-bond donors (Lipinski definition) is 0. The zero-order chi connectivity index (χ0) is 25.8.